The molecule has 0 saturated heterocycles. The Hall–Kier alpha value is -3.92. The van der Waals surface area contributed by atoms with E-state index in [4.69, 9.17) is 25.4 Å². The number of methoxy groups -OCH3 is 1. The number of terminal acetylenes is 1. The van der Waals surface area contributed by atoms with Gasteiger partial charge in [0.05, 0.1) is 7.11 Å². The van der Waals surface area contributed by atoms with Gasteiger partial charge in [0.2, 0.25) is 0 Å². The average molecular weight is 645 g/mol. The van der Waals surface area contributed by atoms with Crippen molar-refractivity contribution < 1.29 is 88.1 Å². The van der Waals surface area contributed by atoms with Crippen molar-refractivity contribution in [3.63, 3.8) is 0 Å². The molecule has 0 spiro atoms. The molecule has 0 amide bonds. The molecule has 0 bridgehead atoms. The third-order valence-electron chi connectivity index (χ3n) is 6.39. The van der Waals surface area contributed by atoms with E-state index in [-0.39, 0.29) is 74.4 Å². The van der Waals surface area contributed by atoms with Crippen molar-refractivity contribution in [1.29, 1.82) is 0 Å². The van der Waals surface area contributed by atoms with Crippen LogP contribution in [0.15, 0.2) is 114 Å². The van der Waals surface area contributed by atoms with Crippen LogP contribution in [0.2, 0.25) is 0 Å². The third-order valence-corrected chi connectivity index (χ3v) is 7.25. The number of hydrogen-bond donors (Lipinski definition) is 0. The second-order valence-corrected chi connectivity index (χ2v) is 10.9. The number of carbonyl (C=O) groups is 1. The molecule has 5 rings (SSSR count). The van der Waals surface area contributed by atoms with Crippen LogP contribution in [0.4, 0.5) is 0 Å². The summed E-state index contributed by atoms with van der Waals surface area (Å²) in [6, 6.07) is 29.0. The number of hydrogen-bond acceptors (Lipinski definition) is 8. The Morgan fingerprint density at radius 3 is 1.69 bits per heavy atom. The van der Waals surface area contributed by atoms with Crippen LogP contribution >= 0.6 is 0 Å². The summed E-state index contributed by atoms with van der Waals surface area (Å²) in [6.45, 7) is 1.84. The number of rotatable bonds is 10. The number of ketones is 1. The number of ether oxygens (including phenoxy) is 4. The fraction of sp³-hybridized carbons (Fsp3) is 0.0571. The van der Waals surface area contributed by atoms with Crippen molar-refractivity contribution in [2.75, 3.05) is 7.11 Å². The molecular weight excluding hydrogens is 620 g/mol. The first-order valence-corrected chi connectivity index (χ1v) is 14.6. The maximum atomic E-state index is 13.0. The van der Waals surface area contributed by atoms with Gasteiger partial charge in [-0.2, -0.15) is 0 Å². The van der Waals surface area contributed by atoms with E-state index in [9.17, 15) is 17.8 Å². The van der Waals surface area contributed by atoms with Crippen molar-refractivity contribution in [2.24, 2.45) is 0 Å². The SMILES string of the molecule is C#Cc1cc(C)cc(Oc2ccc(Oc3ccc(C(=O)c4ccc(Oc5ccc(OC)cc5)cc4)cc3)c(S(=O)(=O)[O-])c2)c1.[K+]. The van der Waals surface area contributed by atoms with Crippen molar-refractivity contribution in [2.45, 2.75) is 11.8 Å². The summed E-state index contributed by atoms with van der Waals surface area (Å²) >= 11 is 0. The predicted molar refractivity (Wildman–Crippen MR) is 163 cm³/mol. The van der Waals surface area contributed by atoms with Gasteiger partial charge in [-0.25, -0.2) is 8.42 Å². The predicted octanol–water partition coefficient (Wildman–Crippen LogP) is 4.50. The fourth-order valence-corrected chi connectivity index (χ4v) is 4.90. The third kappa shape index (κ3) is 8.84. The van der Waals surface area contributed by atoms with Crippen molar-refractivity contribution in [1.82, 2.24) is 0 Å². The molecule has 0 fully saturated rings. The van der Waals surface area contributed by atoms with Crippen LogP contribution in [-0.4, -0.2) is 25.9 Å². The van der Waals surface area contributed by atoms with Gasteiger partial charge in [0.15, 0.2) is 5.78 Å². The summed E-state index contributed by atoms with van der Waals surface area (Å²) in [4.78, 5) is 12.4. The summed E-state index contributed by atoms with van der Waals surface area (Å²) in [5, 5.41) is 0. The maximum absolute atomic E-state index is 13.0. The Morgan fingerprint density at radius 2 is 1.16 bits per heavy atom. The summed E-state index contributed by atoms with van der Waals surface area (Å²) < 4.78 is 58.7. The molecule has 220 valence electrons. The molecule has 8 nitrogen and oxygen atoms in total. The van der Waals surface area contributed by atoms with Gasteiger partial charge in [0, 0.05) is 22.8 Å². The summed E-state index contributed by atoms with van der Waals surface area (Å²) in [5.41, 5.74) is 2.27. The molecule has 0 unspecified atom stereocenters. The second-order valence-electron chi connectivity index (χ2n) is 9.60. The quantitative estimate of drug-likeness (QED) is 0.0946. The maximum Gasteiger partial charge on any atom is 1.00 e. The van der Waals surface area contributed by atoms with Gasteiger partial charge in [0.1, 0.15) is 55.3 Å². The molecule has 0 radical (unpaired) electrons. The molecule has 10 heteroatoms. The van der Waals surface area contributed by atoms with Crippen LogP contribution < -0.4 is 70.3 Å². The Bertz CT molecular complexity index is 1960. The summed E-state index contributed by atoms with van der Waals surface area (Å²) in [7, 11) is -3.35. The second kappa shape index (κ2) is 14.9. The molecule has 45 heavy (non-hydrogen) atoms. The zero-order chi connectivity index (χ0) is 31.3. The average Bonchev–Trinajstić information content (AvgIpc) is 3.02. The van der Waals surface area contributed by atoms with Crippen LogP contribution in [0.3, 0.4) is 0 Å². The van der Waals surface area contributed by atoms with Gasteiger partial charge in [-0.15, -0.1) is 6.42 Å². The normalized spacial score (nSPS) is 10.6. The molecule has 5 aromatic rings. The monoisotopic (exact) mass is 644 g/mol. The minimum Gasteiger partial charge on any atom is -0.744 e. The van der Waals surface area contributed by atoms with Gasteiger partial charge < -0.3 is 23.5 Å². The molecule has 0 aliphatic carbocycles. The van der Waals surface area contributed by atoms with Gasteiger partial charge >= 0.3 is 51.4 Å². The Labute approximate surface area is 304 Å². The molecular formula is C35H25KO8S. The van der Waals surface area contributed by atoms with E-state index in [1.165, 1.54) is 24.3 Å². The molecule has 0 heterocycles. The van der Waals surface area contributed by atoms with E-state index in [1.807, 2.05) is 6.92 Å². The molecule has 5 aromatic carbocycles. The van der Waals surface area contributed by atoms with Gasteiger partial charge in [0.25, 0.3) is 0 Å². The van der Waals surface area contributed by atoms with Crippen molar-refractivity contribution in [3.05, 3.63) is 131 Å². The summed E-state index contributed by atoms with van der Waals surface area (Å²) in [6.07, 6.45) is 5.48. The van der Waals surface area contributed by atoms with Crippen LogP contribution in [0.25, 0.3) is 0 Å². The minimum atomic E-state index is -4.93. The molecule has 0 N–H and O–H groups in total. The molecule has 0 aromatic heterocycles. The molecule has 0 saturated carbocycles. The molecule has 0 aliphatic heterocycles. The molecule has 0 aliphatic rings. The minimum absolute atomic E-state index is 0. The van der Waals surface area contributed by atoms with Crippen molar-refractivity contribution >= 4 is 15.9 Å². The Balaban J connectivity index is 0.00000461. The van der Waals surface area contributed by atoms with Gasteiger partial charge in [-0.3, -0.25) is 4.79 Å². The first-order valence-electron chi connectivity index (χ1n) is 13.2. The van der Waals surface area contributed by atoms with Gasteiger partial charge in [-0.1, -0.05) is 5.92 Å². The van der Waals surface area contributed by atoms with E-state index in [0.717, 1.165) is 11.6 Å². The van der Waals surface area contributed by atoms with E-state index in [1.54, 1.807) is 86.0 Å². The van der Waals surface area contributed by atoms with E-state index in [2.05, 4.69) is 5.92 Å². The number of carbonyl (C=O) groups excluding carboxylic acids is 1. The zero-order valence-corrected chi connectivity index (χ0v) is 28.6. The van der Waals surface area contributed by atoms with Crippen LogP contribution in [0.5, 0.6) is 40.2 Å². The Morgan fingerprint density at radius 1 is 0.667 bits per heavy atom. The number of benzene rings is 5. The number of aryl methyl sites for hydroxylation is 1. The van der Waals surface area contributed by atoms with Crippen molar-refractivity contribution in [3.8, 4) is 52.6 Å². The van der Waals surface area contributed by atoms with E-state index >= 15 is 0 Å². The zero-order valence-electron chi connectivity index (χ0n) is 24.6. The van der Waals surface area contributed by atoms with Crippen LogP contribution in [0.1, 0.15) is 27.0 Å². The Kier molecular flexibility index (Phi) is 11.2. The van der Waals surface area contributed by atoms with Gasteiger partial charge in [-0.05, 0) is 116 Å². The topological polar surface area (TPSA) is 111 Å². The molecule has 0 atom stereocenters. The largest absolute Gasteiger partial charge is 1.00 e. The summed E-state index contributed by atoms with van der Waals surface area (Å²) in [5.74, 6) is 4.73. The fourth-order valence-electron chi connectivity index (χ4n) is 4.28. The van der Waals surface area contributed by atoms with Crippen LogP contribution in [0, 0.1) is 19.3 Å². The smallest absolute Gasteiger partial charge is 0.744 e. The first-order chi connectivity index (χ1) is 21.1. The van der Waals surface area contributed by atoms with Crippen LogP contribution in [-0.2, 0) is 10.1 Å². The standard InChI is InChI=1S/C35H26O8S.K/c1-4-24-19-23(2)20-32(21-24)42-31-17-18-33(34(22-31)44(37,38)39)43-30-11-7-26(8-12-30)35(36)25-5-9-28(10-6-25)41-29-15-13-27(40-3)14-16-29;/h1,5-22H,2-3H3,(H,37,38,39);/q;+1/p-1. The van der Waals surface area contributed by atoms with E-state index in [0.29, 0.717) is 39.7 Å². The van der Waals surface area contributed by atoms with E-state index < -0.39 is 15.0 Å². The first kappa shape index (κ1) is 34.0.